The van der Waals surface area contributed by atoms with Crippen molar-refractivity contribution in [2.24, 2.45) is 0 Å². The lowest BCUT2D eigenvalue weighted by molar-refractivity contribution is -0.118. The quantitative estimate of drug-likeness (QED) is 0.347. The maximum absolute atomic E-state index is 13.7. The second-order valence-electron chi connectivity index (χ2n) is 7.11. The third kappa shape index (κ3) is 5.11. The van der Waals surface area contributed by atoms with Crippen molar-refractivity contribution in [3.63, 3.8) is 0 Å². The molecular weight excluding hydrogens is 529 g/mol. The normalized spacial score (nSPS) is 14.3. The fraction of sp³-hybridized carbons (Fsp3) is 0.0417. The summed E-state index contributed by atoms with van der Waals surface area (Å²) in [5.74, 6) is -2.02. The van der Waals surface area contributed by atoms with Crippen molar-refractivity contribution >= 4 is 62.7 Å². The molecule has 3 aromatic rings. The molecule has 0 bridgehead atoms. The van der Waals surface area contributed by atoms with Crippen LogP contribution >= 0.6 is 27.5 Å². The number of hydrazine groups is 1. The zero-order valence-electron chi connectivity index (χ0n) is 17.3. The van der Waals surface area contributed by atoms with Crippen molar-refractivity contribution in [2.45, 2.75) is 0 Å². The van der Waals surface area contributed by atoms with Crippen molar-refractivity contribution in [3.8, 4) is 5.75 Å². The molecule has 34 heavy (non-hydrogen) atoms. The molecule has 1 aliphatic rings. The fourth-order valence-electron chi connectivity index (χ4n) is 3.17. The van der Waals surface area contributed by atoms with Gasteiger partial charge in [-0.3, -0.25) is 19.8 Å². The molecule has 0 aromatic heterocycles. The van der Waals surface area contributed by atoms with Gasteiger partial charge < -0.3 is 10.1 Å². The first-order valence-electron chi connectivity index (χ1n) is 9.92. The average molecular weight is 545 g/mol. The van der Waals surface area contributed by atoms with E-state index >= 15 is 0 Å². The number of rotatable bonds is 6. The highest BCUT2D eigenvalue weighted by Gasteiger charge is 2.34. The Kier molecular flexibility index (Phi) is 6.95. The van der Waals surface area contributed by atoms with Gasteiger partial charge in [0.05, 0.1) is 20.9 Å². The number of anilines is 2. The van der Waals surface area contributed by atoms with Gasteiger partial charge >= 0.3 is 0 Å². The summed E-state index contributed by atoms with van der Waals surface area (Å²) in [6.45, 7) is -0.417. The van der Waals surface area contributed by atoms with Gasteiger partial charge in [-0.15, -0.1) is 0 Å². The van der Waals surface area contributed by atoms with E-state index in [9.17, 15) is 18.8 Å². The molecule has 172 valence electrons. The Balaban J connectivity index is 1.47. The average Bonchev–Trinajstić information content (AvgIpc) is 3.09. The molecule has 4 rings (SSSR count). The van der Waals surface area contributed by atoms with Gasteiger partial charge in [0.25, 0.3) is 17.7 Å². The van der Waals surface area contributed by atoms with Crippen molar-refractivity contribution < 1.29 is 23.5 Å². The van der Waals surface area contributed by atoms with Crippen LogP contribution in [0.25, 0.3) is 6.08 Å². The Labute approximate surface area is 207 Å². The second-order valence-corrected chi connectivity index (χ2v) is 8.37. The largest absolute Gasteiger partial charge is 0.481 e. The summed E-state index contributed by atoms with van der Waals surface area (Å²) in [5, 5.41) is 3.72. The molecule has 0 aliphatic carbocycles. The molecule has 7 nitrogen and oxygen atoms in total. The standard InChI is InChI=1S/C24H16BrClFN3O4/c25-17-11-14(10-16-23(32)29-30(24(16)33)15-6-2-1-3-7-15)12-18(26)22(17)34-13-21(31)28-20-9-5-4-8-19(20)27/h1-12H,13H2,(H,28,31)(H,29,32)/b16-10-. The number of halogens is 3. The van der Waals surface area contributed by atoms with Gasteiger partial charge in [0, 0.05) is 0 Å². The summed E-state index contributed by atoms with van der Waals surface area (Å²) < 4.78 is 19.6. The first kappa shape index (κ1) is 23.5. The molecular formula is C24H16BrClFN3O4. The van der Waals surface area contributed by atoms with Crippen LogP contribution in [-0.4, -0.2) is 24.3 Å². The minimum atomic E-state index is -0.575. The number of amides is 3. The summed E-state index contributed by atoms with van der Waals surface area (Å²) in [4.78, 5) is 37.2. The Bertz CT molecular complexity index is 1290. The SMILES string of the molecule is O=C(COc1c(Cl)cc(/C=C2/C(=O)NN(c3ccccc3)C2=O)cc1Br)Nc1ccccc1F. The van der Waals surface area contributed by atoms with Gasteiger partial charge in [-0.2, -0.15) is 0 Å². The van der Waals surface area contributed by atoms with E-state index in [2.05, 4.69) is 26.7 Å². The minimum absolute atomic E-state index is 0.0345. The lowest BCUT2D eigenvalue weighted by Gasteiger charge is -2.14. The molecule has 1 saturated heterocycles. The van der Waals surface area contributed by atoms with Crippen LogP contribution < -0.4 is 20.5 Å². The van der Waals surface area contributed by atoms with E-state index in [1.54, 1.807) is 42.5 Å². The van der Waals surface area contributed by atoms with Gasteiger partial charge in [-0.25, -0.2) is 9.40 Å². The Morgan fingerprint density at radius 3 is 2.53 bits per heavy atom. The number of ether oxygens (including phenoxy) is 1. The van der Waals surface area contributed by atoms with Crippen LogP contribution in [-0.2, 0) is 14.4 Å². The predicted octanol–water partition coefficient (Wildman–Crippen LogP) is 4.72. The number of para-hydroxylation sites is 2. The smallest absolute Gasteiger partial charge is 0.282 e. The first-order chi connectivity index (χ1) is 16.3. The lowest BCUT2D eigenvalue weighted by Crippen LogP contribution is -2.35. The Morgan fingerprint density at radius 1 is 1.12 bits per heavy atom. The van der Waals surface area contributed by atoms with Crippen LogP contribution in [0.3, 0.4) is 0 Å². The van der Waals surface area contributed by atoms with Gasteiger partial charge in [0.1, 0.15) is 11.4 Å². The molecule has 0 unspecified atom stereocenters. The van der Waals surface area contributed by atoms with Crippen molar-refractivity contribution in [1.82, 2.24) is 5.43 Å². The van der Waals surface area contributed by atoms with Crippen LogP contribution in [0.1, 0.15) is 5.56 Å². The number of hydrogen-bond acceptors (Lipinski definition) is 4. The minimum Gasteiger partial charge on any atom is -0.481 e. The molecule has 3 aromatic carbocycles. The van der Waals surface area contributed by atoms with E-state index in [0.717, 1.165) is 5.01 Å². The maximum Gasteiger partial charge on any atom is 0.282 e. The van der Waals surface area contributed by atoms with E-state index < -0.39 is 30.1 Å². The third-order valence-corrected chi connectivity index (χ3v) is 5.60. The van der Waals surface area contributed by atoms with E-state index in [0.29, 0.717) is 15.7 Å². The van der Waals surface area contributed by atoms with Crippen LogP contribution in [0.5, 0.6) is 5.75 Å². The third-order valence-electron chi connectivity index (χ3n) is 4.73. The van der Waals surface area contributed by atoms with Crippen LogP contribution in [0, 0.1) is 5.82 Å². The zero-order chi connectivity index (χ0) is 24.2. The highest BCUT2D eigenvalue weighted by molar-refractivity contribution is 9.10. The molecule has 10 heteroatoms. The number of nitrogens with zero attached hydrogens (tertiary/aromatic N) is 1. The number of nitrogens with one attached hydrogen (secondary N) is 2. The first-order valence-corrected chi connectivity index (χ1v) is 11.1. The molecule has 1 heterocycles. The fourth-order valence-corrected chi connectivity index (χ4v) is 4.16. The van der Waals surface area contributed by atoms with Crippen molar-refractivity contribution in [3.05, 3.63) is 93.2 Å². The maximum atomic E-state index is 13.7. The van der Waals surface area contributed by atoms with E-state index in [1.807, 2.05) is 0 Å². The van der Waals surface area contributed by atoms with E-state index in [4.69, 9.17) is 16.3 Å². The van der Waals surface area contributed by atoms with Gasteiger partial charge in [-0.1, -0.05) is 41.9 Å². The molecule has 0 spiro atoms. The molecule has 3 amide bonds. The molecule has 1 aliphatic heterocycles. The highest BCUT2D eigenvalue weighted by Crippen LogP contribution is 2.35. The van der Waals surface area contributed by atoms with Crippen LogP contribution in [0.15, 0.2) is 76.8 Å². The summed E-state index contributed by atoms with van der Waals surface area (Å²) in [5.41, 5.74) is 3.49. The van der Waals surface area contributed by atoms with Gasteiger partial charge in [0.2, 0.25) is 0 Å². The van der Waals surface area contributed by atoms with Crippen LogP contribution in [0.2, 0.25) is 5.02 Å². The number of carbonyl (C=O) groups is 3. The number of hydrogen-bond donors (Lipinski definition) is 2. The number of carbonyl (C=O) groups excluding carboxylic acids is 3. The molecule has 0 radical (unpaired) electrons. The number of benzene rings is 3. The molecule has 1 fully saturated rings. The predicted molar refractivity (Wildman–Crippen MR) is 130 cm³/mol. The summed E-state index contributed by atoms with van der Waals surface area (Å²) >= 11 is 9.64. The summed E-state index contributed by atoms with van der Waals surface area (Å²) in [6.07, 6.45) is 1.41. The summed E-state index contributed by atoms with van der Waals surface area (Å²) in [7, 11) is 0. The molecule has 2 N–H and O–H groups in total. The second kappa shape index (κ2) is 10.1. The monoisotopic (exact) mass is 543 g/mol. The van der Waals surface area contributed by atoms with Gasteiger partial charge in [0.15, 0.2) is 12.4 Å². The summed E-state index contributed by atoms with van der Waals surface area (Å²) in [6, 6.07) is 17.5. The molecule has 0 atom stereocenters. The highest BCUT2D eigenvalue weighted by atomic mass is 79.9. The van der Waals surface area contributed by atoms with Gasteiger partial charge in [-0.05, 0) is 64.0 Å². The van der Waals surface area contributed by atoms with Crippen molar-refractivity contribution in [2.75, 3.05) is 16.9 Å². The van der Waals surface area contributed by atoms with Crippen LogP contribution in [0.4, 0.5) is 15.8 Å². The Morgan fingerprint density at radius 2 is 1.82 bits per heavy atom. The van der Waals surface area contributed by atoms with Crippen molar-refractivity contribution in [1.29, 1.82) is 0 Å². The molecule has 0 saturated carbocycles. The lowest BCUT2D eigenvalue weighted by atomic mass is 10.1. The van der Waals surface area contributed by atoms with E-state index in [1.165, 1.54) is 30.3 Å². The zero-order valence-corrected chi connectivity index (χ0v) is 19.7. The Hall–Kier alpha value is -3.69. The topological polar surface area (TPSA) is 87.7 Å². The van der Waals surface area contributed by atoms with E-state index in [-0.39, 0.29) is 22.0 Å².